The summed E-state index contributed by atoms with van der Waals surface area (Å²) in [5.41, 5.74) is 5.22. The van der Waals surface area contributed by atoms with Crippen molar-refractivity contribution in [3.05, 3.63) is 0 Å². The molecule has 0 bridgehead atoms. The molecule has 0 aromatic carbocycles. The Morgan fingerprint density at radius 3 is 2.56 bits per heavy atom. The zero-order chi connectivity index (χ0) is 13.9. The van der Waals surface area contributed by atoms with Gasteiger partial charge in [-0.3, -0.25) is 4.57 Å². The van der Waals surface area contributed by atoms with Crippen LogP contribution < -0.4 is 5.73 Å². The monoisotopic (exact) mass is 279 g/mol. The number of nitrogens with two attached hydrogens (primary N) is 1. The molecule has 0 radical (unpaired) electrons. The molecule has 5 nitrogen and oxygen atoms in total. The van der Waals surface area contributed by atoms with E-state index in [0.29, 0.717) is 11.8 Å². The maximum atomic E-state index is 11.9. The molecule has 1 saturated carbocycles. The van der Waals surface area contributed by atoms with E-state index in [9.17, 15) is 14.6 Å². The largest absolute Gasteiger partial charge is 0.379 e. The van der Waals surface area contributed by atoms with Gasteiger partial charge in [-0.05, 0) is 30.6 Å². The molecule has 0 aliphatic heterocycles. The molecule has 6 heteroatoms. The second-order valence-electron chi connectivity index (χ2n) is 5.75. The predicted molar refractivity (Wildman–Crippen MR) is 71.1 cm³/mol. The number of hydrogen-bond acceptors (Lipinski definition) is 4. The lowest BCUT2D eigenvalue weighted by atomic mass is 9.75. The second kappa shape index (κ2) is 6.49. The topological polar surface area (TPSA) is 92.8 Å². The summed E-state index contributed by atoms with van der Waals surface area (Å²) in [4.78, 5) is 9.72. The lowest BCUT2D eigenvalue weighted by Crippen LogP contribution is -2.35. The normalized spacial score (nSPS) is 34.3. The molecular formula is C12H26NO4P. The van der Waals surface area contributed by atoms with Crippen molar-refractivity contribution in [2.24, 2.45) is 23.5 Å². The fourth-order valence-corrected chi connectivity index (χ4v) is 3.67. The molecule has 0 heterocycles. The van der Waals surface area contributed by atoms with Crippen LogP contribution in [0.15, 0.2) is 0 Å². The van der Waals surface area contributed by atoms with Crippen molar-refractivity contribution < 1.29 is 19.1 Å². The van der Waals surface area contributed by atoms with Gasteiger partial charge < -0.3 is 20.3 Å². The molecule has 1 aliphatic rings. The molecule has 5 unspecified atom stereocenters. The van der Waals surface area contributed by atoms with E-state index >= 15 is 0 Å². The van der Waals surface area contributed by atoms with Crippen LogP contribution in [0.2, 0.25) is 0 Å². The van der Waals surface area contributed by atoms with Crippen LogP contribution in [0.25, 0.3) is 0 Å². The summed E-state index contributed by atoms with van der Waals surface area (Å²) in [5.74, 6) is -0.327. The minimum atomic E-state index is -4.03. The number of aliphatic hydroxyl groups is 1. The third-order valence-electron chi connectivity index (χ3n) is 3.84. The SMILES string of the molecule is CC1CCC(C(C)C)C(OP(=O)(O)C(O)CN)C1. The van der Waals surface area contributed by atoms with E-state index < -0.39 is 13.4 Å². The molecule has 0 aromatic rings. The summed E-state index contributed by atoms with van der Waals surface area (Å²) in [6.45, 7) is 6.05. The van der Waals surface area contributed by atoms with Gasteiger partial charge in [0.2, 0.25) is 0 Å². The van der Waals surface area contributed by atoms with Crippen molar-refractivity contribution in [1.82, 2.24) is 0 Å². The van der Waals surface area contributed by atoms with Gasteiger partial charge in [0.05, 0.1) is 6.10 Å². The van der Waals surface area contributed by atoms with Crippen molar-refractivity contribution in [3.8, 4) is 0 Å². The van der Waals surface area contributed by atoms with Crippen molar-refractivity contribution in [3.63, 3.8) is 0 Å². The van der Waals surface area contributed by atoms with Gasteiger partial charge in [0, 0.05) is 6.54 Å². The number of aliphatic hydroxyl groups excluding tert-OH is 1. The smallest absolute Gasteiger partial charge is 0.357 e. The van der Waals surface area contributed by atoms with E-state index in [1.165, 1.54) is 0 Å². The number of hydrogen-bond donors (Lipinski definition) is 3. The molecule has 18 heavy (non-hydrogen) atoms. The first-order valence-corrected chi connectivity index (χ1v) is 8.31. The molecule has 5 atom stereocenters. The Bertz CT molecular complexity index is 310. The second-order valence-corrected chi connectivity index (χ2v) is 7.69. The van der Waals surface area contributed by atoms with Crippen LogP contribution in [-0.4, -0.2) is 28.5 Å². The maximum absolute atomic E-state index is 11.9. The van der Waals surface area contributed by atoms with Crippen molar-refractivity contribution in [1.29, 1.82) is 0 Å². The van der Waals surface area contributed by atoms with E-state index in [0.717, 1.165) is 19.3 Å². The maximum Gasteiger partial charge on any atom is 0.357 e. The van der Waals surface area contributed by atoms with Crippen molar-refractivity contribution >= 4 is 7.60 Å². The fraction of sp³-hybridized carbons (Fsp3) is 1.00. The number of rotatable bonds is 5. The van der Waals surface area contributed by atoms with Gasteiger partial charge in [0.1, 0.15) is 0 Å². The van der Waals surface area contributed by atoms with Crippen LogP contribution in [0, 0.1) is 17.8 Å². The van der Waals surface area contributed by atoms with E-state index in [1.807, 2.05) is 0 Å². The Morgan fingerprint density at radius 2 is 2.06 bits per heavy atom. The summed E-state index contributed by atoms with van der Waals surface area (Å²) in [5, 5.41) is 9.44. The summed E-state index contributed by atoms with van der Waals surface area (Å²) < 4.78 is 17.2. The van der Waals surface area contributed by atoms with E-state index in [4.69, 9.17) is 10.3 Å². The van der Waals surface area contributed by atoms with Crippen molar-refractivity contribution in [2.75, 3.05) is 6.54 Å². The zero-order valence-corrected chi connectivity index (χ0v) is 12.3. The Labute approximate surface area is 109 Å². The molecule has 0 aromatic heterocycles. The molecule has 1 aliphatic carbocycles. The Morgan fingerprint density at radius 1 is 1.44 bits per heavy atom. The van der Waals surface area contributed by atoms with Gasteiger partial charge in [-0.25, -0.2) is 0 Å². The first kappa shape index (κ1) is 16.1. The van der Waals surface area contributed by atoms with E-state index in [2.05, 4.69) is 20.8 Å². The highest BCUT2D eigenvalue weighted by atomic mass is 31.2. The summed E-state index contributed by atoms with van der Waals surface area (Å²) >= 11 is 0. The van der Waals surface area contributed by atoms with Crippen LogP contribution in [0.4, 0.5) is 0 Å². The predicted octanol–water partition coefficient (Wildman–Crippen LogP) is 1.93. The first-order valence-electron chi connectivity index (χ1n) is 6.67. The summed E-state index contributed by atoms with van der Waals surface area (Å²) in [6, 6.07) is 0. The van der Waals surface area contributed by atoms with Crippen LogP contribution in [0.1, 0.15) is 40.0 Å². The van der Waals surface area contributed by atoms with Gasteiger partial charge in [-0.2, -0.15) is 0 Å². The summed E-state index contributed by atoms with van der Waals surface area (Å²) in [7, 11) is -4.03. The molecule has 1 rings (SSSR count). The molecule has 1 fully saturated rings. The molecule has 108 valence electrons. The average molecular weight is 279 g/mol. The van der Waals surface area contributed by atoms with Gasteiger partial charge >= 0.3 is 7.60 Å². The Balaban J connectivity index is 2.74. The lowest BCUT2D eigenvalue weighted by Gasteiger charge is -2.38. The third-order valence-corrected chi connectivity index (χ3v) is 5.37. The van der Waals surface area contributed by atoms with Crippen LogP contribution in [0.3, 0.4) is 0 Å². The Kier molecular flexibility index (Phi) is 5.81. The highest BCUT2D eigenvalue weighted by molar-refractivity contribution is 7.53. The molecule has 0 saturated heterocycles. The summed E-state index contributed by atoms with van der Waals surface area (Å²) in [6.07, 6.45) is 2.64. The van der Waals surface area contributed by atoms with Gasteiger partial charge in [0.25, 0.3) is 0 Å². The average Bonchev–Trinajstić information content (AvgIpc) is 2.26. The minimum Gasteiger partial charge on any atom is -0.379 e. The first-order chi connectivity index (χ1) is 8.27. The standard InChI is InChI=1S/C12H26NO4P/c1-8(2)10-5-4-9(3)6-11(10)17-18(15,16)12(14)7-13/h8-12,14H,4-7,13H2,1-3H3,(H,15,16). The fourth-order valence-electron chi connectivity index (χ4n) is 2.63. The van der Waals surface area contributed by atoms with E-state index in [1.54, 1.807) is 0 Å². The third kappa shape index (κ3) is 4.04. The van der Waals surface area contributed by atoms with Crippen LogP contribution in [-0.2, 0) is 9.09 Å². The van der Waals surface area contributed by atoms with Gasteiger partial charge in [-0.15, -0.1) is 0 Å². The van der Waals surface area contributed by atoms with Crippen molar-refractivity contribution in [2.45, 2.75) is 52.0 Å². The highest BCUT2D eigenvalue weighted by Crippen LogP contribution is 2.51. The minimum absolute atomic E-state index is 0.259. The van der Waals surface area contributed by atoms with E-state index in [-0.39, 0.29) is 18.6 Å². The molecule has 0 spiro atoms. The van der Waals surface area contributed by atoms with Crippen LogP contribution in [0.5, 0.6) is 0 Å². The Hall–Kier alpha value is 0.0700. The zero-order valence-electron chi connectivity index (χ0n) is 11.5. The quantitative estimate of drug-likeness (QED) is 0.669. The highest BCUT2D eigenvalue weighted by Gasteiger charge is 2.39. The van der Waals surface area contributed by atoms with Gasteiger partial charge in [-0.1, -0.05) is 27.2 Å². The van der Waals surface area contributed by atoms with Crippen LogP contribution >= 0.6 is 7.60 Å². The molecule has 4 N–H and O–H groups in total. The molecule has 0 amide bonds. The lowest BCUT2D eigenvalue weighted by molar-refractivity contribution is 0.0282. The van der Waals surface area contributed by atoms with Gasteiger partial charge in [0.15, 0.2) is 5.85 Å². The molecular weight excluding hydrogens is 253 g/mol.